The smallest absolute Gasteiger partial charge is 0.335 e. The van der Waals surface area contributed by atoms with Crippen molar-refractivity contribution in [1.82, 2.24) is 30.5 Å². The van der Waals surface area contributed by atoms with Crippen molar-refractivity contribution in [1.29, 1.82) is 0 Å². The molecule has 2 rings (SSSR count). The summed E-state index contributed by atoms with van der Waals surface area (Å²) < 4.78 is 13.7. The normalized spacial score (nSPS) is 12.1. The second-order valence-electron chi connectivity index (χ2n) is 9.51. The zero-order valence-electron chi connectivity index (χ0n) is 23.2. The quantitative estimate of drug-likeness (QED) is 0.131. The van der Waals surface area contributed by atoms with Crippen LogP contribution in [0.3, 0.4) is 0 Å². The molecular weight excluding hydrogens is 575 g/mol. The van der Waals surface area contributed by atoms with Crippen molar-refractivity contribution in [2.75, 3.05) is 20.3 Å². The van der Waals surface area contributed by atoms with Crippen LogP contribution in [0, 0.1) is 0 Å². The van der Waals surface area contributed by atoms with Crippen LogP contribution in [-0.2, 0) is 20.8 Å². The van der Waals surface area contributed by atoms with Crippen molar-refractivity contribution >= 4 is 35.8 Å². The van der Waals surface area contributed by atoms with E-state index in [2.05, 4.69) is 20.9 Å². The molecule has 1 aromatic heterocycles. The summed E-state index contributed by atoms with van der Waals surface area (Å²) >= 11 is 0. The summed E-state index contributed by atoms with van der Waals surface area (Å²) in [6.45, 7) is -0.446. The van der Waals surface area contributed by atoms with E-state index in [0.29, 0.717) is 12.1 Å². The lowest BCUT2D eigenvalue weighted by atomic mass is 10.1. The predicted molar refractivity (Wildman–Crippen MR) is 145 cm³/mol. The van der Waals surface area contributed by atoms with Gasteiger partial charge in [0.15, 0.2) is 0 Å². The molecule has 0 fully saturated rings. The van der Waals surface area contributed by atoms with E-state index in [-0.39, 0.29) is 55.5 Å². The summed E-state index contributed by atoms with van der Waals surface area (Å²) in [7, 11) is 1.16. The number of hydrogen-bond donors (Lipinski definition) is 6. The van der Waals surface area contributed by atoms with Gasteiger partial charge in [0.25, 0.3) is 5.91 Å². The monoisotopic (exact) mass is 608 g/mol. The third-order valence-electron chi connectivity index (χ3n) is 6.30. The third-order valence-corrected chi connectivity index (χ3v) is 6.30. The number of benzene rings is 1. The van der Waals surface area contributed by atoms with Crippen LogP contribution >= 0.6 is 0 Å². The molecule has 0 saturated heterocycles. The number of aryl methyl sites for hydroxylation is 1. The van der Waals surface area contributed by atoms with Gasteiger partial charge in [-0.05, 0) is 56.7 Å². The van der Waals surface area contributed by atoms with Gasteiger partial charge in [-0.15, -0.1) is 5.10 Å². The van der Waals surface area contributed by atoms with Crippen molar-refractivity contribution in [2.24, 2.45) is 0 Å². The molecule has 0 saturated carbocycles. The number of rotatable bonds is 18. The van der Waals surface area contributed by atoms with E-state index in [9.17, 15) is 48.5 Å². The number of halogens is 1. The number of urea groups is 1. The maximum absolute atomic E-state index is 12.8. The van der Waals surface area contributed by atoms with Crippen molar-refractivity contribution < 1.29 is 53.6 Å². The Balaban J connectivity index is 1.97. The molecule has 1 aromatic carbocycles. The Morgan fingerprint density at radius 3 is 2.26 bits per heavy atom. The molecule has 2 aromatic rings. The van der Waals surface area contributed by atoms with E-state index < -0.39 is 61.0 Å². The van der Waals surface area contributed by atoms with E-state index in [1.165, 1.54) is 29.1 Å². The van der Waals surface area contributed by atoms with Gasteiger partial charge < -0.3 is 36.0 Å². The minimum absolute atomic E-state index is 0.0198. The molecule has 1 heterocycles. The average molecular weight is 609 g/mol. The fraction of sp³-hybridized carbons (Fsp3) is 0.462. The van der Waals surface area contributed by atoms with Crippen LogP contribution in [0.25, 0.3) is 5.69 Å². The zero-order valence-corrected chi connectivity index (χ0v) is 23.2. The molecule has 6 N–H and O–H groups in total. The van der Waals surface area contributed by atoms with Gasteiger partial charge in [0.2, 0.25) is 0 Å². The van der Waals surface area contributed by atoms with Crippen LogP contribution in [0.5, 0.6) is 0 Å². The Labute approximate surface area is 244 Å². The largest absolute Gasteiger partial charge is 0.481 e. The first-order valence-electron chi connectivity index (χ1n) is 13.2. The molecule has 16 nitrogen and oxygen atoms in total. The molecule has 0 bridgehead atoms. The van der Waals surface area contributed by atoms with Crippen molar-refractivity contribution in [3.63, 3.8) is 0 Å². The van der Waals surface area contributed by atoms with Crippen LogP contribution in [0.2, 0.25) is 0 Å². The molecule has 2 atom stereocenters. The van der Waals surface area contributed by atoms with Crippen LogP contribution in [-0.4, -0.2) is 108 Å². The molecule has 234 valence electrons. The number of aromatic nitrogens is 3. The molecule has 43 heavy (non-hydrogen) atoms. The summed E-state index contributed by atoms with van der Waals surface area (Å²) in [5.74, 6) is -5.95. The number of aliphatic carboxylic acids is 3. The van der Waals surface area contributed by atoms with Gasteiger partial charge in [-0.1, -0.05) is 5.21 Å². The number of alkyl halides is 1. The number of unbranched alkanes of at least 4 members (excludes halogenated alkanes) is 1. The van der Waals surface area contributed by atoms with Gasteiger partial charge >= 0.3 is 29.9 Å². The fourth-order valence-electron chi connectivity index (χ4n) is 3.95. The lowest BCUT2D eigenvalue weighted by Gasteiger charge is -2.26. The second kappa shape index (κ2) is 16.4. The fourth-order valence-corrected chi connectivity index (χ4v) is 3.95. The topological polar surface area (TPSA) is 241 Å². The van der Waals surface area contributed by atoms with E-state index >= 15 is 0 Å². The molecular formula is C26H33FN6O10. The highest BCUT2D eigenvalue weighted by Gasteiger charge is 2.29. The maximum atomic E-state index is 12.8. The van der Waals surface area contributed by atoms with Gasteiger partial charge in [-0.25, -0.2) is 23.9 Å². The number of nitrogens with zero attached hydrogens (tertiary/aromatic N) is 4. The molecule has 1 unspecified atom stereocenters. The highest BCUT2D eigenvalue weighted by Crippen LogP contribution is 2.16. The molecule has 0 radical (unpaired) electrons. The van der Waals surface area contributed by atoms with Gasteiger partial charge in [-0.3, -0.25) is 14.0 Å². The third kappa shape index (κ3) is 10.7. The summed E-state index contributed by atoms with van der Waals surface area (Å²) in [5.41, 5.74) is 0.586. The number of amides is 3. The van der Waals surface area contributed by atoms with E-state index in [1.54, 1.807) is 0 Å². The van der Waals surface area contributed by atoms with Crippen LogP contribution < -0.4 is 10.6 Å². The number of nitrogens with one attached hydrogen (secondary N) is 2. The van der Waals surface area contributed by atoms with E-state index in [1.807, 2.05) is 0 Å². The lowest BCUT2D eigenvalue weighted by Crippen LogP contribution is -2.52. The van der Waals surface area contributed by atoms with E-state index in [0.717, 1.165) is 11.9 Å². The Morgan fingerprint density at radius 2 is 1.65 bits per heavy atom. The van der Waals surface area contributed by atoms with Gasteiger partial charge in [0, 0.05) is 25.6 Å². The van der Waals surface area contributed by atoms with Gasteiger partial charge in [0.05, 0.1) is 29.8 Å². The van der Waals surface area contributed by atoms with Gasteiger partial charge in [-0.2, -0.15) is 0 Å². The predicted octanol–water partition coefficient (Wildman–Crippen LogP) is 1.18. The Bertz CT molecular complexity index is 1330. The number of carboxylic acid groups (broad SMARTS) is 4. The number of carboxylic acids is 4. The van der Waals surface area contributed by atoms with E-state index in [4.69, 9.17) is 5.11 Å². The highest BCUT2D eigenvalue weighted by molar-refractivity contribution is 5.98. The number of carbonyl (C=O) groups excluding carboxylic acids is 2. The standard InChI is InChI=1S/C26H33FN6O10/c1-32(26(43)29-19(24(39)40)7-8-21(34)35)20(25(41)42)6-2-3-10-28-22(36)15-11-16(23(37)38)13-18(12-15)33-14-17(30-31-33)5-4-9-27/h11-14,19-20H,2-10H2,1H3,(H,28,36)(H,29,43)(H,34,35)(H,37,38)(H,39,40)(H,41,42)/t19-,20?/m0/s1. The Hall–Kier alpha value is -5.09. The van der Waals surface area contributed by atoms with Crippen LogP contribution in [0.1, 0.15) is 64.9 Å². The minimum Gasteiger partial charge on any atom is -0.481 e. The SMILES string of the molecule is CN(C(=O)N[C@@H](CCC(=O)O)C(=O)O)C(CCCCNC(=O)c1cc(C(=O)O)cc(-n2cc(CCCF)nn2)c1)C(=O)O. The summed E-state index contributed by atoms with van der Waals surface area (Å²) in [6.07, 6.45) is 1.66. The molecule has 0 aliphatic heterocycles. The number of hydrogen-bond acceptors (Lipinski definition) is 8. The summed E-state index contributed by atoms with van der Waals surface area (Å²) in [4.78, 5) is 71.5. The van der Waals surface area contributed by atoms with Crippen molar-refractivity contribution in [3.8, 4) is 5.69 Å². The number of likely N-dealkylation sites (N-methyl/N-ethyl adjacent to an activating group) is 1. The molecule has 0 aliphatic carbocycles. The summed E-state index contributed by atoms with van der Waals surface area (Å²) in [5, 5.41) is 49.6. The lowest BCUT2D eigenvalue weighted by molar-refractivity contribution is -0.142. The Morgan fingerprint density at radius 1 is 0.953 bits per heavy atom. The Kier molecular flexibility index (Phi) is 13.0. The molecule has 3 amide bonds. The maximum Gasteiger partial charge on any atom is 0.335 e. The minimum atomic E-state index is -1.52. The number of aromatic carboxylic acids is 1. The molecule has 0 aliphatic rings. The van der Waals surface area contributed by atoms with Crippen molar-refractivity contribution in [2.45, 2.75) is 57.0 Å². The highest BCUT2D eigenvalue weighted by atomic mass is 19.1. The van der Waals surface area contributed by atoms with Crippen molar-refractivity contribution in [3.05, 3.63) is 41.2 Å². The summed E-state index contributed by atoms with van der Waals surface area (Å²) in [6, 6.07) is 0.0209. The second-order valence-corrected chi connectivity index (χ2v) is 9.51. The first kappa shape index (κ1) is 34.1. The van der Waals surface area contributed by atoms with Crippen LogP contribution in [0.4, 0.5) is 9.18 Å². The number of carbonyl (C=O) groups is 6. The van der Waals surface area contributed by atoms with Crippen LogP contribution in [0.15, 0.2) is 24.4 Å². The first-order valence-corrected chi connectivity index (χ1v) is 13.2. The first-order chi connectivity index (χ1) is 20.3. The van der Waals surface area contributed by atoms with Gasteiger partial charge in [0.1, 0.15) is 12.1 Å². The molecule has 17 heteroatoms. The zero-order chi connectivity index (χ0) is 32.1. The average Bonchev–Trinajstić information content (AvgIpc) is 3.43. The molecule has 0 spiro atoms.